The molecule has 4 heteroatoms. The minimum absolute atomic E-state index is 0.780. The number of rotatable bonds is 3. The lowest BCUT2D eigenvalue weighted by atomic mass is 10.2. The van der Waals surface area contributed by atoms with Crippen LogP contribution in [0.1, 0.15) is 0 Å². The number of hydrogen-bond donors (Lipinski definition) is 0. The van der Waals surface area contributed by atoms with Crippen molar-refractivity contribution in [3.05, 3.63) is 60.7 Å². The molecular formula is C15H13N3S. The molecule has 0 radical (unpaired) electrons. The van der Waals surface area contributed by atoms with Crippen LogP contribution < -0.4 is 0 Å². The highest BCUT2D eigenvalue weighted by Crippen LogP contribution is 2.23. The normalized spacial score (nSPS) is 10.6. The summed E-state index contributed by atoms with van der Waals surface area (Å²) in [5.41, 5.74) is 2.09. The topological polar surface area (TPSA) is 30.7 Å². The van der Waals surface area contributed by atoms with Gasteiger partial charge < -0.3 is 0 Å². The fourth-order valence-corrected chi connectivity index (χ4v) is 2.24. The Kier molecular flexibility index (Phi) is 3.33. The molecule has 0 saturated carbocycles. The number of benzene rings is 2. The molecule has 1 aromatic heterocycles. The summed E-state index contributed by atoms with van der Waals surface area (Å²) < 4.78 is 1.89. The van der Waals surface area contributed by atoms with Crippen molar-refractivity contribution in [1.82, 2.24) is 14.8 Å². The zero-order valence-corrected chi connectivity index (χ0v) is 11.3. The number of nitrogens with zero attached hydrogens (tertiary/aromatic N) is 3. The standard InChI is InChI=1S/C15H13N3S/c1-19-15-16-14(12-8-4-2-5-9-12)18(17-15)13-10-6-3-7-11-13/h2-11H,1H3. The Morgan fingerprint density at radius 3 is 2.16 bits per heavy atom. The van der Waals surface area contributed by atoms with Crippen molar-refractivity contribution in [2.75, 3.05) is 6.26 Å². The van der Waals surface area contributed by atoms with Crippen molar-refractivity contribution < 1.29 is 0 Å². The van der Waals surface area contributed by atoms with E-state index in [0.29, 0.717) is 0 Å². The smallest absolute Gasteiger partial charge is 0.209 e. The maximum Gasteiger partial charge on any atom is 0.209 e. The molecule has 3 nitrogen and oxygen atoms in total. The quantitative estimate of drug-likeness (QED) is 0.679. The minimum atomic E-state index is 0.780. The molecule has 94 valence electrons. The summed E-state index contributed by atoms with van der Waals surface area (Å²) in [5, 5.41) is 5.32. The lowest BCUT2D eigenvalue weighted by Crippen LogP contribution is -1.99. The zero-order valence-electron chi connectivity index (χ0n) is 10.5. The molecule has 2 aromatic carbocycles. The van der Waals surface area contributed by atoms with E-state index < -0.39 is 0 Å². The maximum absolute atomic E-state index is 4.59. The molecule has 0 spiro atoms. The van der Waals surface area contributed by atoms with Crippen LogP contribution in [0.25, 0.3) is 17.1 Å². The fraction of sp³-hybridized carbons (Fsp3) is 0.0667. The van der Waals surface area contributed by atoms with Gasteiger partial charge in [0, 0.05) is 5.56 Å². The largest absolute Gasteiger partial charge is 0.212 e. The molecule has 19 heavy (non-hydrogen) atoms. The van der Waals surface area contributed by atoms with E-state index in [-0.39, 0.29) is 0 Å². The molecule has 0 unspecified atom stereocenters. The second-order valence-electron chi connectivity index (χ2n) is 4.04. The Hall–Kier alpha value is -2.07. The first-order valence-corrected chi connectivity index (χ1v) is 7.23. The van der Waals surface area contributed by atoms with Crippen LogP contribution in [0.4, 0.5) is 0 Å². The first kappa shape index (κ1) is 12.0. The van der Waals surface area contributed by atoms with E-state index in [2.05, 4.69) is 10.1 Å². The Balaban J connectivity index is 2.17. The molecule has 0 aliphatic heterocycles. The van der Waals surface area contributed by atoms with Gasteiger partial charge in [-0.25, -0.2) is 9.67 Å². The zero-order chi connectivity index (χ0) is 13.1. The summed E-state index contributed by atoms with van der Waals surface area (Å²) in [5.74, 6) is 0.871. The van der Waals surface area contributed by atoms with Gasteiger partial charge in [0.15, 0.2) is 5.82 Å². The fourth-order valence-electron chi connectivity index (χ4n) is 1.90. The van der Waals surface area contributed by atoms with Gasteiger partial charge in [0.05, 0.1) is 5.69 Å². The highest BCUT2D eigenvalue weighted by Gasteiger charge is 2.12. The molecule has 0 amide bonds. The van der Waals surface area contributed by atoms with Crippen LogP contribution in [0.2, 0.25) is 0 Å². The number of aromatic nitrogens is 3. The Labute approximate surface area is 116 Å². The lowest BCUT2D eigenvalue weighted by Gasteiger charge is -2.05. The third kappa shape index (κ3) is 2.39. The van der Waals surface area contributed by atoms with Crippen molar-refractivity contribution >= 4 is 11.8 Å². The summed E-state index contributed by atoms with van der Waals surface area (Å²) >= 11 is 1.55. The van der Waals surface area contributed by atoms with Crippen molar-refractivity contribution in [3.8, 4) is 17.1 Å². The van der Waals surface area contributed by atoms with Gasteiger partial charge in [-0.1, -0.05) is 60.3 Å². The Morgan fingerprint density at radius 1 is 0.895 bits per heavy atom. The van der Waals surface area contributed by atoms with E-state index in [4.69, 9.17) is 0 Å². The lowest BCUT2D eigenvalue weighted by molar-refractivity contribution is 0.840. The molecule has 0 atom stereocenters. The van der Waals surface area contributed by atoms with E-state index >= 15 is 0 Å². The summed E-state index contributed by atoms with van der Waals surface area (Å²) in [4.78, 5) is 4.59. The van der Waals surface area contributed by atoms with Crippen LogP contribution in [0, 0.1) is 0 Å². The highest BCUT2D eigenvalue weighted by molar-refractivity contribution is 7.98. The molecule has 0 fully saturated rings. The van der Waals surface area contributed by atoms with E-state index in [9.17, 15) is 0 Å². The van der Waals surface area contributed by atoms with Crippen LogP contribution in [0.3, 0.4) is 0 Å². The summed E-state index contributed by atoms with van der Waals surface area (Å²) in [7, 11) is 0. The molecule has 0 aliphatic carbocycles. The highest BCUT2D eigenvalue weighted by atomic mass is 32.2. The van der Waals surface area contributed by atoms with E-state index in [1.807, 2.05) is 71.6 Å². The van der Waals surface area contributed by atoms with Gasteiger partial charge in [0.1, 0.15) is 0 Å². The first-order valence-electron chi connectivity index (χ1n) is 6.00. The van der Waals surface area contributed by atoms with Crippen LogP contribution in [-0.2, 0) is 0 Å². The summed E-state index contributed by atoms with van der Waals surface area (Å²) in [6.45, 7) is 0. The second-order valence-corrected chi connectivity index (χ2v) is 4.81. The molecule has 0 bridgehead atoms. The molecule has 0 aliphatic rings. The van der Waals surface area contributed by atoms with Gasteiger partial charge >= 0.3 is 0 Å². The first-order chi connectivity index (χ1) is 9.38. The van der Waals surface area contributed by atoms with Gasteiger partial charge in [-0.2, -0.15) is 0 Å². The SMILES string of the molecule is CSc1nc(-c2ccccc2)n(-c2ccccc2)n1. The number of para-hydroxylation sites is 1. The molecule has 3 aromatic rings. The molecule has 0 N–H and O–H groups in total. The monoisotopic (exact) mass is 267 g/mol. The van der Waals surface area contributed by atoms with Crippen LogP contribution in [0.15, 0.2) is 65.8 Å². The summed E-state index contributed by atoms with van der Waals surface area (Å²) in [6.07, 6.45) is 1.99. The van der Waals surface area contributed by atoms with Crippen LogP contribution in [-0.4, -0.2) is 21.0 Å². The molecular weight excluding hydrogens is 254 g/mol. The molecule has 1 heterocycles. The third-order valence-corrected chi connectivity index (χ3v) is 3.34. The van der Waals surface area contributed by atoms with Crippen molar-refractivity contribution in [3.63, 3.8) is 0 Å². The Bertz CT molecular complexity index is 605. The summed E-state index contributed by atoms with van der Waals surface area (Å²) in [6, 6.07) is 20.2. The van der Waals surface area contributed by atoms with Crippen LogP contribution in [0.5, 0.6) is 0 Å². The third-order valence-electron chi connectivity index (χ3n) is 2.80. The van der Waals surface area contributed by atoms with Crippen molar-refractivity contribution in [2.24, 2.45) is 0 Å². The van der Waals surface area contributed by atoms with Crippen molar-refractivity contribution in [2.45, 2.75) is 5.16 Å². The average Bonchev–Trinajstić information content (AvgIpc) is 2.93. The maximum atomic E-state index is 4.59. The van der Waals surface area contributed by atoms with E-state index in [0.717, 1.165) is 22.2 Å². The van der Waals surface area contributed by atoms with Gasteiger partial charge in [-0.15, -0.1) is 5.10 Å². The van der Waals surface area contributed by atoms with Gasteiger partial charge in [0.2, 0.25) is 5.16 Å². The van der Waals surface area contributed by atoms with E-state index in [1.165, 1.54) is 0 Å². The van der Waals surface area contributed by atoms with Gasteiger partial charge in [-0.05, 0) is 18.4 Å². The average molecular weight is 267 g/mol. The Morgan fingerprint density at radius 2 is 1.53 bits per heavy atom. The van der Waals surface area contributed by atoms with Gasteiger partial charge in [-0.3, -0.25) is 0 Å². The predicted octanol–water partition coefficient (Wildman–Crippen LogP) is 3.66. The van der Waals surface area contributed by atoms with Gasteiger partial charge in [0.25, 0.3) is 0 Å². The molecule has 3 rings (SSSR count). The van der Waals surface area contributed by atoms with E-state index in [1.54, 1.807) is 11.8 Å². The predicted molar refractivity (Wildman–Crippen MR) is 78.6 cm³/mol. The minimum Gasteiger partial charge on any atom is -0.212 e. The van der Waals surface area contributed by atoms with Crippen molar-refractivity contribution in [1.29, 1.82) is 0 Å². The molecule has 0 saturated heterocycles. The second kappa shape index (κ2) is 5.28. The number of hydrogen-bond acceptors (Lipinski definition) is 3. The number of thioether (sulfide) groups is 1. The van der Waals surface area contributed by atoms with Crippen LogP contribution >= 0.6 is 11.8 Å².